The van der Waals surface area contributed by atoms with Crippen LogP contribution in [-0.2, 0) is 0 Å². The third kappa shape index (κ3) is 16.8. The van der Waals surface area contributed by atoms with Gasteiger partial charge in [0.1, 0.15) is 59.8 Å². The normalized spacial score (nSPS) is 11.4. The Kier molecular flexibility index (Phi) is 21.9. The molecule has 0 bridgehead atoms. The average molecular weight is 1870 g/mol. The molecule has 0 unspecified atom stereocenters. The van der Waals surface area contributed by atoms with Crippen LogP contribution in [0.1, 0.15) is 0 Å². The number of rotatable bonds is 15. The van der Waals surface area contributed by atoms with Gasteiger partial charge >= 0.3 is 0 Å². The Morgan fingerprint density at radius 3 is 0.752 bits per heavy atom. The van der Waals surface area contributed by atoms with Crippen LogP contribution in [0.25, 0.3) is 264 Å². The van der Waals surface area contributed by atoms with E-state index in [1.165, 1.54) is 11.3 Å². The lowest BCUT2D eigenvalue weighted by atomic mass is 10.0. The number of hydrogen-bond acceptors (Lipinski definition) is 25. The van der Waals surface area contributed by atoms with Gasteiger partial charge in [0.15, 0.2) is 52.4 Å². The largest absolute Gasteiger partial charge is 0.241 e. The summed E-state index contributed by atoms with van der Waals surface area (Å²) in [5.74, 6) is 5.47. The monoisotopic (exact) mass is 1860 g/mol. The van der Waals surface area contributed by atoms with Gasteiger partial charge in [-0.15, -0.1) is 54.4 Å². The van der Waals surface area contributed by atoms with Crippen molar-refractivity contribution in [3.05, 3.63) is 413 Å². The topological polar surface area (TPSA) is 284 Å². The number of para-hydroxylation sites is 5. The first kappa shape index (κ1) is 84.0. The molecule has 0 radical (unpaired) electrons. The van der Waals surface area contributed by atoms with E-state index in [4.69, 9.17) is 69.8 Å². The van der Waals surface area contributed by atoms with Crippen molar-refractivity contribution in [3.63, 3.8) is 0 Å². The lowest BCUT2D eigenvalue weighted by Gasteiger charge is -2.10. The molecule has 141 heavy (non-hydrogen) atoms. The second-order valence-electron chi connectivity index (χ2n) is 33.2. The molecule has 0 fully saturated rings. The number of benzene rings is 15. The molecule has 12 aromatic heterocycles. The van der Waals surface area contributed by atoms with E-state index in [1.54, 1.807) is 29.0 Å². The van der Waals surface area contributed by atoms with E-state index in [0.717, 1.165) is 206 Å². The van der Waals surface area contributed by atoms with Crippen LogP contribution in [0.3, 0.4) is 0 Å². The van der Waals surface area contributed by atoms with E-state index in [1.807, 2.05) is 273 Å². The van der Waals surface area contributed by atoms with E-state index in [2.05, 4.69) is 174 Å². The summed E-state index contributed by atoms with van der Waals surface area (Å²) in [5.41, 5.74) is 28.4. The van der Waals surface area contributed by atoms with E-state index in [9.17, 15) is 0 Å². The molecule has 25 heteroatoms. The maximum Gasteiger partial charge on any atom is 0.164 e. The molecule has 22 nitrogen and oxygen atoms in total. The molecule has 27 aromatic rings. The standard InChI is InChI=1S/2C39H23N7S.C38H22N8S/c1-3-9-24(10-4-1)25-15-19-28(20-16-25)37-44-36(27-11-5-2-6-12-27)45-38(46-37)29-21-17-26(18-22-29)32-35-33(41-23-40-32)34-39(47-35)43-31-14-8-7-13-30(31)42-34;1-3-9-24(10-4-1)25-15-19-28(20-16-25)37-41-36(27-11-5-2-6-12-27)42-38(43-37)29-21-17-26(18-22-29)33-35-34(45-46-44-33)31-23-30-13-7-8-14-32(30)40-39(31)47-35;1-3-9-23(10-4-1)24-15-19-27(20-16-24)36-41-35(26-11-5-2-6-12-26)42-37(43-36)28-21-17-25(18-22-28)31-34-32(45-46-44-31)33-38(47-34)40-30-14-8-7-13-29(30)39-33/h2*1-23H;1-22H. The SMILES string of the molecule is c1ccc(-c2ccc(-c3nc(-c4ccccc4)nc(-c4ccc(-c5ncnc6c5sc5nc7ccccc7nc56)cc4)n3)cc2)cc1.c1ccc(-c2ccc(-c3nc(-c4ccccc4)nc(-c4ccc(-c5nnnc6c5sc5nc7ccccc7cc56)cc4)n3)cc2)cc1.c1ccc(-c2ccc(-c3nc(-c4ccccc4)nc(-c4ccc(-c5nnnc6c5sc5nc7ccccc7nc56)cc4)n3)cc2)cc1. The van der Waals surface area contributed by atoms with Crippen LogP contribution < -0.4 is 0 Å². The van der Waals surface area contributed by atoms with Crippen molar-refractivity contribution in [2.45, 2.75) is 0 Å². The number of fused-ring (bicyclic) bond motifs is 12. The third-order valence-electron chi connectivity index (χ3n) is 24.3. The van der Waals surface area contributed by atoms with Crippen LogP contribution in [0.4, 0.5) is 0 Å². The summed E-state index contributed by atoms with van der Waals surface area (Å²) in [6.07, 6.45) is 1.60. The fourth-order valence-corrected chi connectivity index (χ4v) is 20.4. The molecule has 0 spiro atoms. The second-order valence-corrected chi connectivity index (χ2v) is 36.2. The van der Waals surface area contributed by atoms with Gasteiger partial charge in [0.05, 0.1) is 47.4 Å². The number of nitrogens with zero attached hydrogens (tertiary/aromatic N) is 22. The fraction of sp³-hybridized carbons (Fsp3) is 0. The first-order valence-corrected chi connectivity index (χ1v) is 47.8. The van der Waals surface area contributed by atoms with Crippen molar-refractivity contribution in [3.8, 4) is 170 Å². The molecule has 27 rings (SSSR count). The summed E-state index contributed by atoms with van der Waals surface area (Å²) in [4.78, 5) is 80.3. The Morgan fingerprint density at radius 2 is 0.397 bits per heavy atom. The maximum atomic E-state index is 4.95. The van der Waals surface area contributed by atoms with Crippen molar-refractivity contribution in [1.82, 2.24) is 111 Å². The van der Waals surface area contributed by atoms with Crippen molar-refractivity contribution in [2.24, 2.45) is 0 Å². The minimum atomic E-state index is 0.584. The molecule has 0 atom stereocenters. The molecule has 0 amide bonds. The molecule has 0 aliphatic carbocycles. The van der Waals surface area contributed by atoms with Crippen LogP contribution in [0.2, 0.25) is 0 Å². The predicted octanol–water partition coefficient (Wildman–Crippen LogP) is 27.3. The first-order valence-electron chi connectivity index (χ1n) is 45.3. The molecular weight excluding hydrogens is 1800 g/mol. The molecule has 0 saturated carbocycles. The third-order valence-corrected chi connectivity index (χ3v) is 27.5. The lowest BCUT2D eigenvalue weighted by Crippen LogP contribution is -2.00. The van der Waals surface area contributed by atoms with Crippen molar-refractivity contribution < 1.29 is 0 Å². The van der Waals surface area contributed by atoms with Gasteiger partial charge in [-0.2, -0.15) is 0 Å². The zero-order valence-corrected chi connectivity index (χ0v) is 76.8. The van der Waals surface area contributed by atoms with Gasteiger partial charge in [0.25, 0.3) is 0 Å². The molecule has 12 heterocycles. The molecular formula is C116H68N22S3. The second kappa shape index (κ2) is 36.8. The highest BCUT2D eigenvalue weighted by Crippen LogP contribution is 2.43. The van der Waals surface area contributed by atoms with Crippen molar-refractivity contribution >= 4 is 129 Å². The summed E-state index contributed by atoms with van der Waals surface area (Å²) >= 11 is 4.68. The number of hydrogen-bond donors (Lipinski definition) is 0. The Morgan fingerprint density at radius 1 is 0.156 bits per heavy atom. The summed E-state index contributed by atoms with van der Waals surface area (Å²) < 4.78 is 2.81. The van der Waals surface area contributed by atoms with Crippen molar-refractivity contribution in [2.75, 3.05) is 0 Å². The molecule has 0 aliphatic heterocycles. The average Bonchev–Trinajstić information content (AvgIpc) is 1.60. The maximum absolute atomic E-state index is 4.95. The molecule has 0 aliphatic rings. The predicted molar refractivity (Wildman–Crippen MR) is 564 cm³/mol. The Balaban J connectivity index is 0.000000111. The highest BCUT2D eigenvalue weighted by atomic mass is 32.1. The zero-order chi connectivity index (χ0) is 93.5. The molecule has 0 saturated heterocycles. The minimum absolute atomic E-state index is 0.584. The zero-order valence-electron chi connectivity index (χ0n) is 74.3. The van der Waals surface area contributed by atoms with Gasteiger partial charge < -0.3 is 0 Å². The number of pyridine rings is 1. The summed E-state index contributed by atoms with van der Waals surface area (Å²) in [6, 6.07) is 136. The molecule has 0 N–H and O–H groups in total. The van der Waals surface area contributed by atoms with Gasteiger partial charge in [-0.3, -0.25) is 0 Å². The van der Waals surface area contributed by atoms with Crippen LogP contribution >= 0.6 is 34.0 Å². The summed E-state index contributed by atoms with van der Waals surface area (Å²) in [6.45, 7) is 0. The lowest BCUT2D eigenvalue weighted by molar-refractivity contribution is 0.904. The smallest absolute Gasteiger partial charge is 0.164 e. The molecule has 660 valence electrons. The van der Waals surface area contributed by atoms with Crippen LogP contribution in [0.15, 0.2) is 413 Å². The van der Waals surface area contributed by atoms with E-state index >= 15 is 0 Å². The summed E-state index contributed by atoms with van der Waals surface area (Å²) in [5, 5.41) is 27.9. The Labute approximate surface area is 815 Å². The minimum Gasteiger partial charge on any atom is -0.241 e. The highest BCUT2D eigenvalue weighted by molar-refractivity contribution is 7.26. The van der Waals surface area contributed by atoms with Crippen molar-refractivity contribution in [1.29, 1.82) is 0 Å². The Bertz CT molecular complexity index is 8510. The Hall–Kier alpha value is -18.8. The van der Waals surface area contributed by atoms with Crippen LogP contribution in [0, 0.1) is 0 Å². The van der Waals surface area contributed by atoms with Gasteiger partial charge in [-0.05, 0) is 80.2 Å². The first-order chi connectivity index (χ1) is 69.8. The van der Waals surface area contributed by atoms with Gasteiger partial charge in [0, 0.05) is 77.5 Å². The van der Waals surface area contributed by atoms with E-state index in [-0.39, 0.29) is 0 Å². The van der Waals surface area contributed by atoms with Gasteiger partial charge in [-0.1, -0.05) is 370 Å². The highest BCUT2D eigenvalue weighted by Gasteiger charge is 2.24. The quantitative estimate of drug-likeness (QED) is 0.0921. The number of thiophene rings is 3. The molecule has 15 aromatic carbocycles. The number of aromatic nitrogens is 22. The van der Waals surface area contributed by atoms with Gasteiger partial charge in [0.2, 0.25) is 0 Å². The van der Waals surface area contributed by atoms with Gasteiger partial charge in [-0.25, -0.2) is 79.7 Å². The summed E-state index contributed by atoms with van der Waals surface area (Å²) in [7, 11) is 0. The fourth-order valence-electron chi connectivity index (χ4n) is 17.1. The van der Waals surface area contributed by atoms with E-state index < -0.39 is 0 Å². The van der Waals surface area contributed by atoms with Crippen LogP contribution in [0.5, 0.6) is 0 Å². The van der Waals surface area contributed by atoms with Crippen LogP contribution in [-0.4, -0.2) is 111 Å². The van der Waals surface area contributed by atoms with E-state index in [0.29, 0.717) is 57.9 Å².